The van der Waals surface area contributed by atoms with Gasteiger partial charge in [-0.05, 0) is 49.4 Å². The van der Waals surface area contributed by atoms with Gasteiger partial charge in [-0.15, -0.1) is 0 Å². The molecule has 2 heteroatoms. The van der Waals surface area contributed by atoms with Gasteiger partial charge in [0.05, 0.1) is 0 Å². The van der Waals surface area contributed by atoms with Crippen LogP contribution in [0.15, 0.2) is 28.7 Å². The lowest BCUT2D eigenvalue weighted by Crippen LogP contribution is -2.30. The van der Waals surface area contributed by atoms with Gasteiger partial charge in [-0.3, -0.25) is 0 Å². The summed E-state index contributed by atoms with van der Waals surface area (Å²) in [6, 6.07) is 9.15. The summed E-state index contributed by atoms with van der Waals surface area (Å²) in [4.78, 5) is 0. The number of nitrogens with one attached hydrogen (secondary N) is 1. The Bertz CT molecular complexity index is 333. The minimum Gasteiger partial charge on any atom is -0.310 e. The molecule has 1 nitrogen and oxygen atoms in total. The minimum absolute atomic E-state index is 0.512. The van der Waals surface area contributed by atoms with Crippen molar-refractivity contribution >= 4 is 15.9 Å². The van der Waals surface area contributed by atoms with Gasteiger partial charge in [0.2, 0.25) is 0 Å². The highest BCUT2D eigenvalue weighted by molar-refractivity contribution is 9.10. The molecule has 0 spiro atoms. The van der Waals surface area contributed by atoms with Gasteiger partial charge in [0.15, 0.2) is 0 Å². The van der Waals surface area contributed by atoms with Gasteiger partial charge < -0.3 is 5.32 Å². The third-order valence-corrected chi connectivity index (χ3v) is 4.03. The van der Waals surface area contributed by atoms with E-state index in [9.17, 15) is 0 Å². The average Bonchev–Trinajstić information content (AvgIpc) is 2.22. The van der Waals surface area contributed by atoms with E-state index in [2.05, 4.69) is 52.4 Å². The van der Waals surface area contributed by atoms with Crippen LogP contribution in [0.1, 0.15) is 44.2 Å². The lowest BCUT2D eigenvalue weighted by molar-refractivity contribution is 0.288. The molecular weight excluding hydrogens is 262 g/mol. The fraction of sp³-hybridized carbons (Fsp3) is 0.571. The molecule has 16 heavy (non-hydrogen) atoms. The molecule has 2 rings (SSSR count). The molecule has 1 saturated carbocycles. The summed E-state index contributed by atoms with van der Waals surface area (Å²) in [6.07, 6.45) is 5.42. The first-order valence-corrected chi connectivity index (χ1v) is 7.07. The summed E-state index contributed by atoms with van der Waals surface area (Å²) >= 11 is 3.54. The third kappa shape index (κ3) is 3.08. The van der Waals surface area contributed by atoms with Crippen molar-refractivity contribution < 1.29 is 0 Å². The summed E-state index contributed by atoms with van der Waals surface area (Å²) in [5, 5.41) is 3.69. The molecule has 0 aromatic heterocycles. The Hall–Kier alpha value is -0.340. The predicted molar refractivity (Wildman–Crippen MR) is 72.5 cm³/mol. The molecule has 0 aliphatic heterocycles. The highest BCUT2D eigenvalue weighted by Crippen LogP contribution is 2.27. The molecule has 0 saturated heterocycles. The molecule has 88 valence electrons. The van der Waals surface area contributed by atoms with Crippen molar-refractivity contribution in [3.63, 3.8) is 0 Å². The van der Waals surface area contributed by atoms with Crippen LogP contribution in [0, 0.1) is 5.92 Å². The molecule has 1 unspecified atom stereocenters. The number of hydrogen-bond acceptors (Lipinski definition) is 1. The van der Waals surface area contributed by atoms with Crippen molar-refractivity contribution in [1.29, 1.82) is 0 Å². The van der Waals surface area contributed by atoms with Gasteiger partial charge in [-0.1, -0.05) is 41.4 Å². The quantitative estimate of drug-likeness (QED) is 0.849. The molecule has 1 aliphatic rings. The van der Waals surface area contributed by atoms with Crippen LogP contribution in [0.2, 0.25) is 0 Å². The summed E-state index contributed by atoms with van der Waals surface area (Å²) in [7, 11) is 0. The Morgan fingerprint density at radius 3 is 2.81 bits per heavy atom. The molecule has 1 fully saturated rings. The predicted octanol–water partition coefficient (Wildman–Crippen LogP) is 4.29. The molecule has 0 radical (unpaired) electrons. The average molecular weight is 282 g/mol. The van der Waals surface area contributed by atoms with Gasteiger partial charge >= 0.3 is 0 Å². The standard InChI is InChI=1S/C14H20BrN/c1-2-14(16-10-11-5-3-6-11)12-7-4-8-13(15)9-12/h4,7-9,11,14,16H,2-3,5-6,10H2,1H3. The van der Waals surface area contributed by atoms with E-state index in [1.54, 1.807) is 0 Å². The Labute approximate surface area is 107 Å². The first-order valence-electron chi connectivity index (χ1n) is 6.28. The maximum Gasteiger partial charge on any atom is 0.0318 e. The van der Waals surface area contributed by atoms with Crippen LogP contribution >= 0.6 is 15.9 Å². The molecule has 0 heterocycles. The van der Waals surface area contributed by atoms with Gasteiger partial charge in [0, 0.05) is 10.5 Å². The first kappa shape index (κ1) is 12.1. The van der Waals surface area contributed by atoms with Crippen LogP contribution in [0.25, 0.3) is 0 Å². The molecule has 1 N–H and O–H groups in total. The fourth-order valence-corrected chi connectivity index (χ4v) is 2.64. The number of rotatable bonds is 5. The van der Waals surface area contributed by atoms with Crippen molar-refractivity contribution in [2.75, 3.05) is 6.54 Å². The molecule has 1 atom stereocenters. The van der Waals surface area contributed by atoms with Crippen LogP contribution in [-0.4, -0.2) is 6.54 Å². The smallest absolute Gasteiger partial charge is 0.0318 e. The van der Waals surface area contributed by atoms with E-state index in [0.29, 0.717) is 6.04 Å². The number of hydrogen-bond donors (Lipinski definition) is 1. The highest BCUT2D eigenvalue weighted by Gasteiger charge is 2.18. The lowest BCUT2D eigenvalue weighted by Gasteiger charge is -2.28. The summed E-state index contributed by atoms with van der Waals surface area (Å²) < 4.78 is 1.17. The van der Waals surface area contributed by atoms with Crippen LogP contribution < -0.4 is 5.32 Å². The van der Waals surface area contributed by atoms with Gasteiger partial charge in [0.1, 0.15) is 0 Å². The SMILES string of the molecule is CCC(NCC1CCC1)c1cccc(Br)c1. The highest BCUT2D eigenvalue weighted by atomic mass is 79.9. The second-order valence-electron chi connectivity index (χ2n) is 4.72. The van der Waals surface area contributed by atoms with E-state index < -0.39 is 0 Å². The Morgan fingerprint density at radius 1 is 1.44 bits per heavy atom. The summed E-state index contributed by atoms with van der Waals surface area (Å²) in [5.41, 5.74) is 1.40. The van der Waals surface area contributed by atoms with Crippen molar-refractivity contribution in [3.8, 4) is 0 Å². The van der Waals surface area contributed by atoms with E-state index in [1.165, 1.54) is 35.8 Å². The van der Waals surface area contributed by atoms with Crippen LogP contribution in [0.4, 0.5) is 0 Å². The van der Waals surface area contributed by atoms with Gasteiger partial charge in [-0.25, -0.2) is 0 Å². The molecule has 1 aliphatic carbocycles. The van der Waals surface area contributed by atoms with Gasteiger partial charge in [-0.2, -0.15) is 0 Å². The van der Waals surface area contributed by atoms with Crippen molar-refractivity contribution in [1.82, 2.24) is 5.32 Å². The zero-order valence-corrected chi connectivity index (χ0v) is 11.5. The van der Waals surface area contributed by atoms with Gasteiger partial charge in [0.25, 0.3) is 0 Å². The van der Waals surface area contributed by atoms with E-state index in [0.717, 1.165) is 12.3 Å². The maximum atomic E-state index is 3.69. The molecule has 0 bridgehead atoms. The lowest BCUT2D eigenvalue weighted by atomic mass is 9.85. The second-order valence-corrected chi connectivity index (χ2v) is 5.64. The zero-order chi connectivity index (χ0) is 11.4. The minimum atomic E-state index is 0.512. The van der Waals surface area contributed by atoms with Crippen molar-refractivity contribution in [3.05, 3.63) is 34.3 Å². The molecule has 0 amide bonds. The zero-order valence-electron chi connectivity index (χ0n) is 9.88. The monoisotopic (exact) mass is 281 g/mol. The Kier molecular flexibility index (Phi) is 4.42. The van der Waals surface area contributed by atoms with Crippen molar-refractivity contribution in [2.45, 2.75) is 38.6 Å². The van der Waals surface area contributed by atoms with Crippen LogP contribution in [0.5, 0.6) is 0 Å². The molecule has 1 aromatic carbocycles. The molecule has 1 aromatic rings. The first-order chi connectivity index (χ1) is 7.79. The van der Waals surface area contributed by atoms with E-state index in [-0.39, 0.29) is 0 Å². The molecular formula is C14H20BrN. The second kappa shape index (κ2) is 5.83. The Morgan fingerprint density at radius 2 is 2.25 bits per heavy atom. The van der Waals surface area contributed by atoms with Crippen LogP contribution in [-0.2, 0) is 0 Å². The fourth-order valence-electron chi connectivity index (χ4n) is 2.23. The van der Waals surface area contributed by atoms with Crippen molar-refractivity contribution in [2.24, 2.45) is 5.92 Å². The van der Waals surface area contributed by atoms with Crippen LogP contribution in [0.3, 0.4) is 0 Å². The maximum absolute atomic E-state index is 3.69. The summed E-state index contributed by atoms with van der Waals surface area (Å²) in [6.45, 7) is 3.43. The van der Waals surface area contributed by atoms with E-state index in [4.69, 9.17) is 0 Å². The summed E-state index contributed by atoms with van der Waals surface area (Å²) in [5.74, 6) is 0.932. The topological polar surface area (TPSA) is 12.0 Å². The normalized spacial score (nSPS) is 18.1. The number of halogens is 1. The number of benzene rings is 1. The van der Waals surface area contributed by atoms with E-state index in [1.807, 2.05) is 0 Å². The third-order valence-electron chi connectivity index (χ3n) is 3.54. The van der Waals surface area contributed by atoms with E-state index >= 15 is 0 Å². The Balaban J connectivity index is 1.92. The largest absolute Gasteiger partial charge is 0.310 e.